The maximum atomic E-state index is 12.7. The fraction of sp³-hybridized carbons (Fsp3) is 0.400. The molecule has 0 radical (unpaired) electrons. The fourth-order valence-electron chi connectivity index (χ4n) is 3.76. The van der Waals surface area contributed by atoms with Crippen LogP contribution in [-0.2, 0) is 16.2 Å². The number of nitrogens with zero attached hydrogens (tertiary/aromatic N) is 3. The second kappa shape index (κ2) is 8.84. The SMILES string of the molecule is Cc1ncc2c(c1OC(=O)N1CCC(ON(O)O)CC1)COC2c1ccc(Cl)cc1. The molecule has 2 aliphatic rings. The third-order valence-corrected chi connectivity index (χ3v) is 5.58. The summed E-state index contributed by atoms with van der Waals surface area (Å²) < 4.78 is 11.7. The molecule has 1 amide bonds. The van der Waals surface area contributed by atoms with E-state index in [0.29, 0.717) is 49.0 Å². The number of benzene rings is 1. The molecule has 4 rings (SSSR count). The van der Waals surface area contributed by atoms with Gasteiger partial charge in [0.15, 0.2) is 5.75 Å². The molecule has 2 aromatic rings. The first kappa shape index (κ1) is 21.0. The number of pyridine rings is 1. The molecule has 1 aromatic heterocycles. The highest BCUT2D eigenvalue weighted by Crippen LogP contribution is 2.41. The van der Waals surface area contributed by atoms with E-state index < -0.39 is 6.09 Å². The Labute approximate surface area is 178 Å². The molecule has 0 saturated carbocycles. The van der Waals surface area contributed by atoms with Crippen LogP contribution in [0.3, 0.4) is 0 Å². The van der Waals surface area contributed by atoms with E-state index in [1.54, 1.807) is 30.2 Å². The lowest BCUT2D eigenvalue weighted by Gasteiger charge is -2.31. The maximum absolute atomic E-state index is 12.7. The second-order valence-corrected chi connectivity index (χ2v) is 7.70. The Kier molecular flexibility index (Phi) is 6.19. The number of halogens is 1. The van der Waals surface area contributed by atoms with Gasteiger partial charge in [-0.05, 0) is 37.5 Å². The minimum absolute atomic E-state index is 0.294. The lowest BCUT2D eigenvalue weighted by Crippen LogP contribution is -2.43. The summed E-state index contributed by atoms with van der Waals surface area (Å²) in [6.45, 7) is 2.86. The third kappa shape index (κ3) is 4.41. The fourth-order valence-corrected chi connectivity index (χ4v) is 3.89. The number of likely N-dealkylation sites (tertiary alicyclic amines) is 1. The standard InChI is InChI=1S/C20H22ClN3O6/c1-12-18(29-20(25)23-8-6-15(7-9-23)30-24(26)27)17-11-28-19(16(17)10-22-12)13-2-4-14(21)5-3-13/h2-5,10,15,19,26-27H,6-9,11H2,1H3. The van der Waals surface area contributed by atoms with Crippen LogP contribution in [0.25, 0.3) is 0 Å². The first-order valence-corrected chi connectivity index (χ1v) is 9.97. The van der Waals surface area contributed by atoms with E-state index in [-0.39, 0.29) is 17.6 Å². The van der Waals surface area contributed by atoms with E-state index in [1.807, 2.05) is 12.1 Å². The maximum Gasteiger partial charge on any atom is 0.415 e. The number of fused-ring (bicyclic) bond motifs is 1. The van der Waals surface area contributed by atoms with Crippen LogP contribution in [-0.4, -0.2) is 51.0 Å². The summed E-state index contributed by atoms with van der Waals surface area (Å²) in [5.41, 5.74) is 3.23. The van der Waals surface area contributed by atoms with Crippen molar-refractivity contribution >= 4 is 17.7 Å². The highest BCUT2D eigenvalue weighted by atomic mass is 35.5. The number of rotatable bonds is 4. The number of aryl methyl sites for hydroxylation is 1. The van der Waals surface area contributed by atoms with Gasteiger partial charge in [0, 0.05) is 35.4 Å². The first-order valence-electron chi connectivity index (χ1n) is 9.59. The molecule has 0 aliphatic carbocycles. The van der Waals surface area contributed by atoms with Crippen molar-refractivity contribution in [2.45, 2.75) is 38.6 Å². The smallest absolute Gasteiger partial charge is 0.408 e. The van der Waals surface area contributed by atoms with Crippen LogP contribution >= 0.6 is 11.6 Å². The second-order valence-electron chi connectivity index (χ2n) is 7.26. The van der Waals surface area contributed by atoms with Crippen molar-refractivity contribution in [3.05, 3.63) is 57.9 Å². The summed E-state index contributed by atoms with van der Waals surface area (Å²) in [6.07, 6.45) is 1.52. The van der Waals surface area contributed by atoms with Crippen LogP contribution in [0.4, 0.5) is 4.79 Å². The molecule has 1 saturated heterocycles. The van der Waals surface area contributed by atoms with Gasteiger partial charge in [-0.15, -0.1) is 0 Å². The van der Waals surface area contributed by atoms with Crippen LogP contribution in [0.1, 0.15) is 41.3 Å². The van der Waals surface area contributed by atoms with Crippen molar-refractivity contribution < 1.29 is 29.5 Å². The van der Waals surface area contributed by atoms with Gasteiger partial charge in [-0.1, -0.05) is 23.7 Å². The number of hydrogen-bond donors (Lipinski definition) is 2. The normalized spacial score (nSPS) is 19.2. The molecule has 2 aliphatic heterocycles. The van der Waals surface area contributed by atoms with Gasteiger partial charge in [0.25, 0.3) is 0 Å². The van der Waals surface area contributed by atoms with E-state index in [2.05, 4.69) is 4.98 Å². The van der Waals surface area contributed by atoms with Crippen molar-refractivity contribution in [2.75, 3.05) is 13.1 Å². The summed E-state index contributed by atoms with van der Waals surface area (Å²) >= 11 is 5.98. The van der Waals surface area contributed by atoms with E-state index in [1.165, 1.54) is 0 Å². The summed E-state index contributed by atoms with van der Waals surface area (Å²) in [5, 5.41) is 17.8. The Morgan fingerprint density at radius 2 is 1.97 bits per heavy atom. The monoisotopic (exact) mass is 435 g/mol. The zero-order valence-electron chi connectivity index (χ0n) is 16.3. The van der Waals surface area contributed by atoms with Gasteiger partial charge in [-0.3, -0.25) is 15.4 Å². The zero-order chi connectivity index (χ0) is 21.3. The van der Waals surface area contributed by atoms with Gasteiger partial charge in [0.2, 0.25) is 0 Å². The van der Waals surface area contributed by atoms with E-state index >= 15 is 0 Å². The predicted octanol–water partition coefficient (Wildman–Crippen LogP) is 3.64. The molecule has 3 heterocycles. The molecule has 0 spiro atoms. The summed E-state index contributed by atoms with van der Waals surface area (Å²) in [5.74, 6) is 0.421. The predicted molar refractivity (Wildman–Crippen MR) is 104 cm³/mol. The minimum atomic E-state index is -0.480. The molecule has 30 heavy (non-hydrogen) atoms. The number of piperidine rings is 1. The molecule has 1 fully saturated rings. The molecule has 0 bridgehead atoms. The lowest BCUT2D eigenvalue weighted by molar-refractivity contribution is -0.506. The molecule has 160 valence electrons. The van der Waals surface area contributed by atoms with Crippen LogP contribution in [0.5, 0.6) is 5.75 Å². The molecule has 10 heteroatoms. The van der Waals surface area contributed by atoms with Gasteiger partial charge in [-0.2, -0.15) is 0 Å². The number of amides is 1. The zero-order valence-corrected chi connectivity index (χ0v) is 17.1. The van der Waals surface area contributed by atoms with E-state index in [9.17, 15) is 4.79 Å². The van der Waals surface area contributed by atoms with Gasteiger partial charge < -0.3 is 14.4 Å². The van der Waals surface area contributed by atoms with E-state index in [4.69, 9.17) is 36.3 Å². The minimum Gasteiger partial charge on any atom is -0.408 e. The molecule has 1 aromatic carbocycles. The highest BCUT2D eigenvalue weighted by molar-refractivity contribution is 6.30. The summed E-state index contributed by atoms with van der Waals surface area (Å²) in [6, 6.07) is 7.42. The molecule has 9 nitrogen and oxygen atoms in total. The van der Waals surface area contributed by atoms with Gasteiger partial charge in [0.1, 0.15) is 6.10 Å². The van der Waals surface area contributed by atoms with Crippen LogP contribution < -0.4 is 4.74 Å². The van der Waals surface area contributed by atoms with Gasteiger partial charge >= 0.3 is 6.09 Å². The summed E-state index contributed by atoms with van der Waals surface area (Å²) in [7, 11) is 0. The molecule has 2 N–H and O–H groups in total. The molecular formula is C20H22ClN3O6. The Bertz CT molecular complexity index is 916. The van der Waals surface area contributed by atoms with E-state index in [0.717, 1.165) is 16.7 Å². The van der Waals surface area contributed by atoms with Crippen LogP contribution in [0, 0.1) is 6.92 Å². The van der Waals surface area contributed by atoms with Crippen molar-refractivity contribution in [3.8, 4) is 5.75 Å². The number of ether oxygens (including phenoxy) is 2. The number of carbonyl (C=O) groups excluding carboxylic acids is 1. The molecule has 1 unspecified atom stereocenters. The molecular weight excluding hydrogens is 414 g/mol. The number of aromatic nitrogens is 1. The largest absolute Gasteiger partial charge is 0.415 e. The first-order chi connectivity index (χ1) is 14.4. The average Bonchev–Trinajstić information content (AvgIpc) is 3.15. The Morgan fingerprint density at radius 1 is 1.27 bits per heavy atom. The van der Waals surface area contributed by atoms with Crippen LogP contribution in [0.2, 0.25) is 5.02 Å². The van der Waals surface area contributed by atoms with Gasteiger partial charge in [-0.25, -0.2) is 9.63 Å². The van der Waals surface area contributed by atoms with Gasteiger partial charge in [0.05, 0.1) is 23.8 Å². The quantitative estimate of drug-likeness (QED) is 0.701. The van der Waals surface area contributed by atoms with Crippen molar-refractivity contribution in [1.82, 2.24) is 15.3 Å². The molecule has 1 atom stereocenters. The summed E-state index contributed by atoms with van der Waals surface area (Å²) in [4.78, 5) is 23.5. The number of carbonyl (C=O) groups is 1. The third-order valence-electron chi connectivity index (χ3n) is 5.33. The Hall–Kier alpha value is -2.27. The number of hydrogen-bond acceptors (Lipinski definition) is 8. The topological polar surface area (TPSA) is 105 Å². The Morgan fingerprint density at radius 3 is 2.63 bits per heavy atom. The average molecular weight is 436 g/mol. The lowest BCUT2D eigenvalue weighted by atomic mass is 10.0. The van der Waals surface area contributed by atoms with Crippen molar-refractivity contribution in [2.24, 2.45) is 0 Å². The highest BCUT2D eigenvalue weighted by Gasteiger charge is 2.32. The van der Waals surface area contributed by atoms with Crippen molar-refractivity contribution in [1.29, 1.82) is 0 Å². The Balaban J connectivity index is 1.48. The van der Waals surface area contributed by atoms with Crippen LogP contribution in [0.15, 0.2) is 30.5 Å². The van der Waals surface area contributed by atoms with Crippen molar-refractivity contribution in [3.63, 3.8) is 0 Å².